The Balaban J connectivity index is 2.87. The molecule has 0 aliphatic heterocycles. The van der Waals surface area contributed by atoms with Gasteiger partial charge < -0.3 is 9.84 Å². The largest absolute Gasteiger partial charge is 0.496 e. The van der Waals surface area contributed by atoms with E-state index in [1.54, 1.807) is 7.11 Å². The van der Waals surface area contributed by atoms with Crippen LogP contribution >= 0.6 is 0 Å². The molecular formula is C13H17NO2. The van der Waals surface area contributed by atoms with Crippen molar-refractivity contribution in [2.45, 2.75) is 32.3 Å². The summed E-state index contributed by atoms with van der Waals surface area (Å²) in [5, 5.41) is 18.1. The van der Waals surface area contributed by atoms with Crippen molar-refractivity contribution in [1.82, 2.24) is 0 Å². The predicted molar refractivity (Wildman–Crippen MR) is 62.3 cm³/mol. The van der Waals surface area contributed by atoms with Gasteiger partial charge in [0.15, 0.2) is 0 Å². The minimum Gasteiger partial charge on any atom is -0.496 e. The molecule has 3 heteroatoms. The molecule has 0 heterocycles. The van der Waals surface area contributed by atoms with Gasteiger partial charge in [-0.05, 0) is 23.6 Å². The fraction of sp³-hybridized carbons (Fsp3) is 0.462. The molecule has 1 aromatic rings. The molecule has 0 aromatic heterocycles. The maximum absolute atomic E-state index is 9.61. The van der Waals surface area contributed by atoms with Crippen LogP contribution in [0.3, 0.4) is 0 Å². The second kappa shape index (κ2) is 6.14. The first-order valence-electron chi connectivity index (χ1n) is 5.42. The minimum atomic E-state index is -0.619. The summed E-state index contributed by atoms with van der Waals surface area (Å²) < 4.78 is 5.23. The molecule has 0 spiro atoms. The summed E-state index contributed by atoms with van der Waals surface area (Å²) in [6.07, 6.45) is 0.945. The van der Waals surface area contributed by atoms with E-state index >= 15 is 0 Å². The van der Waals surface area contributed by atoms with E-state index in [1.165, 1.54) is 5.56 Å². The Morgan fingerprint density at radius 1 is 1.50 bits per heavy atom. The van der Waals surface area contributed by atoms with Crippen LogP contribution < -0.4 is 4.74 Å². The molecule has 0 saturated carbocycles. The normalized spacial score (nSPS) is 11.9. The first-order valence-corrected chi connectivity index (χ1v) is 5.42. The average Bonchev–Trinajstić information content (AvgIpc) is 2.29. The van der Waals surface area contributed by atoms with Gasteiger partial charge in [0.05, 0.1) is 25.7 Å². The molecular weight excluding hydrogens is 202 g/mol. The fourth-order valence-corrected chi connectivity index (χ4v) is 1.64. The van der Waals surface area contributed by atoms with Crippen molar-refractivity contribution < 1.29 is 9.84 Å². The molecule has 0 aliphatic rings. The van der Waals surface area contributed by atoms with Crippen LogP contribution in [0.5, 0.6) is 5.75 Å². The number of rotatable bonds is 5. The minimum absolute atomic E-state index is 0.152. The number of nitrogens with zero attached hydrogens (tertiary/aromatic N) is 1. The van der Waals surface area contributed by atoms with E-state index in [2.05, 4.69) is 6.92 Å². The number of hydrogen-bond acceptors (Lipinski definition) is 3. The third kappa shape index (κ3) is 3.25. The van der Waals surface area contributed by atoms with Gasteiger partial charge in [-0.3, -0.25) is 0 Å². The van der Waals surface area contributed by atoms with E-state index in [0.29, 0.717) is 6.42 Å². The van der Waals surface area contributed by atoms with Gasteiger partial charge in [-0.15, -0.1) is 0 Å². The third-order valence-electron chi connectivity index (χ3n) is 2.54. The van der Waals surface area contributed by atoms with Gasteiger partial charge in [0.25, 0.3) is 0 Å². The van der Waals surface area contributed by atoms with E-state index in [0.717, 1.165) is 17.7 Å². The lowest BCUT2D eigenvalue weighted by Crippen LogP contribution is -2.10. The molecule has 1 aromatic carbocycles. The molecule has 1 rings (SSSR count). The van der Waals surface area contributed by atoms with E-state index in [-0.39, 0.29) is 6.42 Å². The smallest absolute Gasteiger partial charge is 0.122 e. The predicted octanol–water partition coefficient (Wildman–Crippen LogP) is 2.07. The van der Waals surface area contributed by atoms with Gasteiger partial charge in [-0.2, -0.15) is 5.26 Å². The van der Waals surface area contributed by atoms with Crippen molar-refractivity contribution in [3.05, 3.63) is 29.3 Å². The standard InChI is InChI=1S/C13H17NO2/c1-3-10-4-5-13(16-2)11(8-10)9-12(15)6-7-14/h4-5,8,12,15H,3,6,9H2,1-2H3. The topological polar surface area (TPSA) is 53.2 Å². The second-order valence-corrected chi connectivity index (χ2v) is 3.72. The van der Waals surface area contributed by atoms with E-state index in [9.17, 15) is 5.11 Å². The van der Waals surface area contributed by atoms with Crippen molar-refractivity contribution in [3.63, 3.8) is 0 Å². The second-order valence-electron chi connectivity index (χ2n) is 3.72. The molecule has 0 amide bonds. The van der Waals surface area contributed by atoms with E-state index < -0.39 is 6.10 Å². The van der Waals surface area contributed by atoms with Crippen LogP contribution in [-0.2, 0) is 12.8 Å². The van der Waals surface area contributed by atoms with Crippen molar-refractivity contribution >= 4 is 0 Å². The van der Waals surface area contributed by atoms with Crippen molar-refractivity contribution in [2.24, 2.45) is 0 Å². The molecule has 16 heavy (non-hydrogen) atoms. The van der Waals surface area contributed by atoms with Gasteiger partial charge in [0.2, 0.25) is 0 Å². The molecule has 86 valence electrons. The number of nitriles is 1. The monoisotopic (exact) mass is 219 g/mol. The highest BCUT2D eigenvalue weighted by Crippen LogP contribution is 2.22. The Hall–Kier alpha value is -1.53. The summed E-state index contributed by atoms with van der Waals surface area (Å²) in [6, 6.07) is 7.91. The SMILES string of the molecule is CCc1ccc(OC)c(CC(O)CC#N)c1. The molecule has 3 nitrogen and oxygen atoms in total. The molecule has 0 saturated heterocycles. The summed E-state index contributed by atoms with van der Waals surface area (Å²) in [6.45, 7) is 2.08. The molecule has 1 N–H and O–H groups in total. The fourth-order valence-electron chi connectivity index (χ4n) is 1.64. The van der Waals surface area contributed by atoms with Crippen LogP contribution in [0.2, 0.25) is 0 Å². The van der Waals surface area contributed by atoms with Crippen LogP contribution in [0.25, 0.3) is 0 Å². The van der Waals surface area contributed by atoms with Gasteiger partial charge >= 0.3 is 0 Å². The number of benzene rings is 1. The summed E-state index contributed by atoms with van der Waals surface area (Å²) in [7, 11) is 1.61. The highest BCUT2D eigenvalue weighted by molar-refractivity contribution is 5.37. The van der Waals surface area contributed by atoms with Gasteiger partial charge in [0, 0.05) is 6.42 Å². The van der Waals surface area contributed by atoms with E-state index in [1.807, 2.05) is 24.3 Å². The zero-order valence-electron chi connectivity index (χ0n) is 9.73. The molecule has 0 aliphatic carbocycles. The quantitative estimate of drug-likeness (QED) is 0.824. The number of aliphatic hydroxyl groups excluding tert-OH is 1. The van der Waals surface area contributed by atoms with Crippen LogP contribution in [-0.4, -0.2) is 18.3 Å². The number of aliphatic hydroxyl groups is 1. The summed E-state index contributed by atoms with van der Waals surface area (Å²) in [4.78, 5) is 0. The highest BCUT2D eigenvalue weighted by atomic mass is 16.5. The summed E-state index contributed by atoms with van der Waals surface area (Å²) >= 11 is 0. The Bertz CT molecular complexity index is 382. The number of ether oxygens (including phenoxy) is 1. The molecule has 1 unspecified atom stereocenters. The van der Waals surface area contributed by atoms with Crippen LogP contribution in [0.15, 0.2) is 18.2 Å². The number of methoxy groups -OCH3 is 1. The third-order valence-corrected chi connectivity index (χ3v) is 2.54. The lowest BCUT2D eigenvalue weighted by Gasteiger charge is -2.12. The van der Waals surface area contributed by atoms with Crippen molar-refractivity contribution in [2.75, 3.05) is 7.11 Å². The van der Waals surface area contributed by atoms with Crippen molar-refractivity contribution in [3.8, 4) is 11.8 Å². The first-order chi connectivity index (χ1) is 7.71. The van der Waals surface area contributed by atoms with Gasteiger partial charge in [-0.25, -0.2) is 0 Å². The summed E-state index contributed by atoms with van der Waals surface area (Å²) in [5.41, 5.74) is 2.17. The lowest BCUT2D eigenvalue weighted by molar-refractivity contribution is 0.179. The number of aryl methyl sites for hydroxylation is 1. The molecule has 0 radical (unpaired) electrons. The average molecular weight is 219 g/mol. The Morgan fingerprint density at radius 3 is 2.81 bits per heavy atom. The Morgan fingerprint density at radius 2 is 2.25 bits per heavy atom. The van der Waals surface area contributed by atoms with E-state index in [4.69, 9.17) is 10.00 Å². The Labute approximate surface area is 96.3 Å². The number of hydrogen-bond donors (Lipinski definition) is 1. The first kappa shape index (κ1) is 12.5. The van der Waals surface area contributed by atoms with Crippen LogP contribution in [0, 0.1) is 11.3 Å². The molecule has 0 fully saturated rings. The molecule has 1 atom stereocenters. The highest BCUT2D eigenvalue weighted by Gasteiger charge is 2.10. The van der Waals surface area contributed by atoms with Crippen LogP contribution in [0.4, 0.5) is 0 Å². The molecule has 0 bridgehead atoms. The summed E-state index contributed by atoms with van der Waals surface area (Å²) in [5.74, 6) is 0.772. The zero-order chi connectivity index (χ0) is 12.0. The lowest BCUT2D eigenvalue weighted by atomic mass is 10.0. The Kier molecular flexibility index (Phi) is 4.81. The maximum Gasteiger partial charge on any atom is 0.122 e. The zero-order valence-corrected chi connectivity index (χ0v) is 9.73. The van der Waals surface area contributed by atoms with Crippen LogP contribution in [0.1, 0.15) is 24.5 Å². The van der Waals surface area contributed by atoms with Gasteiger partial charge in [0.1, 0.15) is 5.75 Å². The van der Waals surface area contributed by atoms with Gasteiger partial charge in [-0.1, -0.05) is 19.1 Å². The maximum atomic E-state index is 9.61. The van der Waals surface area contributed by atoms with Crippen molar-refractivity contribution in [1.29, 1.82) is 5.26 Å².